The van der Waals surface area contributed by atoms with Gasteiger partial charge in [0.25, 0.3) is 0 Å². The molecule has 5 heteroatoms. The number of hydrogen-bond donors (Lipinski definition) is 1. The van der Waals surface area contributed by atoms with Crippen LogP contribution in [0.15, 0.2) is 90.0 Å². The average Bonchev–Trinajstić information content (AvgIpc) is 2.74. The fourth-order valence-corrected chi connectivity index (χ4v) is 4.35. The topological polar surface area (TPSA) is 42.0 Å². The van der Waals surface area contributed by atoms with Crippen molar-refractivity contribution in [3.8, 4) is 0 Å². The highest BCUT2D eigenvalue weighted by Gasteiger charge is 2.11. The molecule has 4 aromatic rings. The van der Waals surface area contributed by atoms with Crippen molar-refractivity contribution in [3.05, 3.63) is 101 Å². The minimum absolute atomic E-state index is 0.104. The molecule has 0 saturated heterocycles. The maximum absolute atomic E-state index is 12.6. The van der Waals surface area contributed by atoms with Crippen molar-refractivity contribution in [3.63, 3.8) is 0 Å². The summed E-state index contributed by atoms with van der Waals surface area (Å²) in [5, 5.41) is 4.68. The number of halogens is 1. The molecule has 0 atom stereocenters. The second-order valence-electron chi connectivity index (χ2n) is 6.64. The lowest BCUT2D eigenvalue weighted by atomic mass is 10.1. The van der Waals surface area contributed by atoms with Gasteiger partial charge in [-0.05, 0) is 35.4 Å². The number of thioether (sulfide) groups is 1. The molecule has 0 unspecified atom stereocenters. The molecule has 0 aliphatic rings. The van der Waals surface area contributed by atoms with Crippen molar-refractivity contribution >= 4 is 45.9 Å². The second-order valence-corrected chi connectivity index (χ2v) is 8.06. The minimum atomic E-state index is -0.104. The van der Waals surface area contributed by atoms with Crippen LogP contribution in [0.1, 0.15) is 11.1 Å². The number of nitrogens with zero attached hydrogens (tertiary/aromatic N) is 1. The van der Waals surface area contributed by atoms with Crippen LogP contribution < -0.4 is 5.32 Å². The van der Waals surface area contributed by atoms with Crippen LogP contribution in [0.25, 0.3) is 10.9 Å². The Hall–Kier alpha value is -2.82. The van der Waals surface area contributed by atoms with Crippen LogP contribution >= 0.6 is 23.4 Å². The van der Waals surface area contributed by atoms with Gasteiger partial charge in [-0.15, -0.1) is 11.8 Å². The van der Waals surface area contributed by atoms with E-state index in [0.717, 1.165) is 32.8 Å². The minimum Gasteiger partial charge on any atom is -0.326 e. The predicted octanol–water partition coefficient (Wildman–Crippen LogP) is 6.36. The lowest BCUT2D eigenvalue weighted by Gasteiger charge is -2.11. The van der Waals surface area contributed by atoms with Crippen LogP contribution in [-0.4, -0.2) is 10.9 Å². The lowest BCUT2D eigenvalue weighted by Crippen LogP contribution is -2.14. The zero-order chi connectivity index (χ0) is 20.1. The standard InChI is InChI=1S/C24H19ClN2OS/c25-21-11-5-4-9-18(21)13-24(28)27-19-14-22-20(10-6-12-26-22)23(15-19)29-16-17-7-2-1-3-8-17/h1-12,14-15H,13,16H2,(H,27,28). The molecule has 0 fully saturated rings. The number of hydrogen-bond acceptors (Lipinski definition) is 3. The Balaban J connectivity index is 1.56. The number of carbonyl (C=O) groups excluding carboxylic acids is 1. The molecular weight excluding hydrogens is 400 g/mol. The first kappa shape index (κ1) is 19.5. The van der Waals surface area contributed by atoms with E-state index in [1.54, 1.807) is 24.0 Å². The molecule has 0 saturated carbocycles. The number of anilines is 1. The lowest BCUT2D eigenvalue weighted by molar-refractivity contribution is -0.115. The number of nitrogens with one attached hydrogen (secondary N) is 1. The third-order valence-electron chi connectivity index (χ3n) is 4.51. The smallest absolute Gasteiger partial charge is 0.228 e. The second kappa shape index (κ2) is 9.12. The van der Waals surface area contributed by atoms with Crippen LogP contribution in [0.5, 0.6) is 0 Å². The summed E-state index contributed by atoms with van der Waals surface area (Å²) in [7, 11) is 0. The number of aromatic nitrogens is 1. The largest absolute Gasteiger partial charge is 0.326 e. The molecule has 1 N–H and O–H groups in total. The van der Waals surface area contributed by atoms with E-state index in [1.807, 2.05) is 54.6 Å². The predicted molar refractivity (Wildman–Crippen MR) is 122 cm³/mol. The van der Waals surface area contributed by atoms with Crippen LogP contribution in [-0.2, 0) is 17.0 Å². The normalized spacial score (nSPS) is 10.8. The number of rotatable bonds is 6. The molecule has 1 amide bonds. The van der Waals surface area contributed by atoms with Gasteiger partial charge >= 0.3 is 0 Å². The molecule has 0 radical (unpaired) electrons. The molecule has 0 spiro atoms. The van der Waals surface area contributed by atoms with Crippen molar-refractivity contribution in [2.24, 2.45) is 0 Å². The highest BCUT2D eigenvalue weighted by molar-refractivity contribution is 7.98. The van der Waals surface area contributed by atoms with Crippen LogP contribution in [0.3, 0.4) is 0 Å². The van der Waals surface area contributed by atoms with Crippen LogP contribution in [0, 0.1) is 0 Å². The summed E-state index contributed by atoms with van der Waals surface area (Å²) in [6, 6.07) is 25.6. The summed E-state index contributed by atoms with van der Waals surface area (Å²) in [6.45, 7) is 0. The summed E-state index contributed by atoms with van der Waals surface area (Å²) in [5.41, 5.74) is 3.66. The highest BCUT2D eigenvalue weighted by Crippen LogP contribution is 2.32. The van der Waals surface area contributed by atoms with Gasteiger partial charge in [0.15, 0.2) is 0 Å². The van der Waals surface area contributed by atoms with E-state index in [9.17, 15) is 4.79 Å². The zero-order valence-electron chi connectivity index (χ0n) is 15.6. The molecule has 144 valence electrons. The number of benzene rings is 3. The Morgan fingerprint density at radius 2 is 1.76 bits per heavy atom. The number of pyridine rings is 1. The van der Waals surface area contributed by atoms with Gasteiger partial charge in [-0.2, -0.15) is 0 Å². The van der Waals surface area contributed by atoms with Crippen molar-refractivity contribution < 1.29 is 4.79 Å². The molecule has 29 heavy (non-hydrogen) atoms. The highest BCUT2D eigenvalue weighted by atomic mass is 35.5. The summed E-state index contributed by atoms with van der Waals surface area (Å²) in [6.07, 6.45) is 2.00. The summed E-state index contributed by atoms with van der Waals surface area (Å²) in [4.78, 5) is 18.1. The van der Waals surface area contributed by atoms with Crippen molar-refractivity contribution in [1.29, 1.82) is 0 Å². The quantitative estimate of drug-likeness (QED) is 0.370. The van der Waals surface area contributed by atoms with E-state index in [0.29, 0.717) is 5.02 Å². The Kier molecular flexibility index (Phi) is 6.13. The van der Waals surface area contributed by atoms with E-state index in [1.165, 1.54) is 5.56 Å². The fourth-order valence-electron chi connectivity index (χ4n) is 3.10. The van der Waals surface area contributed by atoms with Gasteiger partial charge in [-0.3, -0.25) is 9.78 Å². The molecule has 0 bridgehead atoms. The Labute approximate surface area is 179 Å². The van der Waals surface area contributed by atoms with Gasteiger partial charge in [0.2, 0.25) is 5.91 Å². The number of carbonyl (C=O) groups is 1. The summed E-state index contributed by atoms with van der Waals surface area (Å²) >= 11 is 7.92. The zero-order valence-corrected chi connectivity index (χ0v) is 17.2. The van der Waals surface area contributed by atoms with E-state index < -0.39 is 0 Å². The van der Waals surface area contributed by atoms with Crippen molar-refractivity contribution in [2.75, 3.05) is 5.32 Å². The first-order valence-corrected chi connectivity index (χ1v) is 10.6. The van der Waals surface area contributed by atoms with E-state index in [4.69, 9.17) is 11.6 Å². The van der Waals surface area contributed by atoms with Gasteiger partial charge in [-0.1, -0.05) is 66.2 Å². The van der Waals surface area contributed by atoms with E-state index >= 15 is 0 Å². The molecule has 3 nitrogen and oxygen atoms in total. The number of fused-ring (bicyclic) bond motifs is 1. The van der Waals surface area contributed by atoms with E-state index in [-0.39, 0.29) is 12.3 Å². The Morgan fingerprint density at radius 1 is 0.966 bits per heavy atom. The van der Waals surface area contributed by atoms with Crippen molar-refractivity contribution in [2.45, 2.75) is 17.1 Å². The molecule has 1 heterocycles. The van der Waals surface area contributed by atoms with E-state index in [2.05, 4.69) is 28.5 Å². The maximum atomic E-state index is 12.6. The van der Waals surface area contributed by atoms with Crippen LogP contribution in [0.2, 0.25) is 5.02 Å². The molecular formula is C24H19ClN2OS. The third-order valence-corrected chi connectivity index (χ3v) is 6.01. The fraction of sp³-hybridized carbons (Fsp3) is 0.0833. The Bertz CT molecular complexity index is 1150. The molecule has 0 aliphatic heterocycles. The molecule has 3 aromatic carbocycles. The molecule has 0 aliphatic carbocycles. The average molecular weight is 419 g/mol. The first-order chi connectivity index (χ1) is 14.2. The first-order valence-electron chi connectivity index (χ1n) is 9.28. The summed E-state index contributed by atoms with van der Waals surface area (Å²) < 4.78 is 0. The molecule has 1 aromatic heterocycles. The SMILES string of the molecule is O=C(Cc1ccccc1Cl)Nc1cc(SCc2ccccc2)c2cccnc2c1. The van der Waals surface area contributed by atoms with Gasteiger partial charge in [-0.25, -0.2) is 0 Å². The van der Waals surface area contributed by atoms with Gasteiger partial charge in [0, 0.05) is 32.9 Å². The van der Waals surface area contributed by atoms with Gasteiger partial charge < -0.3 is 5.32 Å². The third kappa shape index (κ3) is 4.97. The van der Waals surface area contributed by atoms with Crippen molar-refractivity contribution in [1.82, 2.24) is 4.98 Å². The van der Waals surface area contributed by atoms with Crippen LogP contribution in [0.4, 0.5) is 5.69 Å². The Morgan fingerprint density at radius 3 is 2.59 bits per heavy atom. The monoisotopic (exact) mass is 418 g/mol. The van der Waals surface area contributed by atoms with Gasteiger partial charge in [0.05, 0.1) is 11.9 Å². The number of amides is 1. The van der Waals surface area contributed by atoms with Gasteiger partial charge in [0.1, 0.15) is 0 Å². The summed E-state index contributed by atoms with van der Waals surface area (Å²) in [5.74, 6) is 0.745. The maximum Gasteiger partial charge on any atom is 0.228 e. The molecule has 4 rings (SSSR count).